The number of likely N-dealkylation sites (tertiary alicyclic amines) is 1. The number of rotatable bonds is 4. The minimum atomic E-state index is -0.116. The molecule has 35 heavy (non-hydrogen) atoms. The normalized spacial score (nSPS) is 16.0. The third-order valence-corrected chi connectivity index (χ3v) is 7.09. The van der Waals surface area contributed by atoms with Gasteiger partial charge in [0.25, 0.3) is 11.5 Å². The molecule has 0 spiro atoms. The molecular weight excluding hydrogens is 444 g/mol. The fraction of sp³-hybridized carbons (Fsp3) is 0.346. The van der Waals surface area contributed by atoms with E-state index in [0.29, 0.717) is 30.3 Å². The van der Waals surface area contributed by atoms with Crippen molar-refractivity contribution in [2.45, 2.75) is 44.9 Å². The van der Waals surface area contributed by atoms with E-state index in [1.807, 2.05) is 42.2 Å². The van der Waals surface area contributed by atoms with Crippen LogP contribution in [0.15, 0.2) is 52.0 Å². The van der Waals surface area contributed by atoms with Gasteiger partial charge in [-0.05, 0) is 39.0 Å². The molecule has 1 aliphatic carbocycles. The number of H-pyrrole nitrogens is 1. The van der Waals surface area contributed by atoms with Gasteiger partial charge in [-0.3, -0.25) is 14.6 Å². The lowest BCUT2D eigenvalue weighted by molar-refractivity contribution is 0.0705. The number of benzene rings is 1. The van der Waals surface area contributed by atoms with E-state index in [-0.39, 0.29) is 17.4 Å². The number of carbonyl (C=O) groups excluding carboxylic acids is 1. The average molecular weight is 471 g/mol. The van der Waals surface area contributed by atoms with Gasteiger partial charge in [0.15, 0.2) is 5.89 Å². The van der Waals surface area contributed by atoms with Crippen LogP contribution in [0.2, 0.25) is 0 Å². The molecule has 178 valence electrons. The summed E-state index contributed by atoms with van der Waals surface area (Å²) in [5, 5.41) is 4.37. The molecular formula is C26H26N6O3. The molecule has 9 nitrogen and oxygen atoms in total. The quantitative estimate of drug-likeness (QED) is 0.489. The topological polar surface area (TPSA) is 110 Å². The predicted molar refractivity (Wildman–Crippen MR) is 129 cm³/mol. The number of carbonyl (C=O) groups is 1. The van der Waals surface area contributed by atoms with Crippen molar-refractivity contribution in [3.8, 4) is 17.2 Å². The Labute approximate surface area is 201 Å². The number of amides is 1. The average Bonchev–Trinajstić information content (AvgIpc) is 3.64. The fourth-order valence-corrected chi connectivity index (χ4v) is 5.08. The van der Waals surface area contributed by atoms with E-state index in [1.165, 1.54) is 0 Å². The smallest absolute Gasteiger partial charge is 0.257 e. The highest BCUT2D eigenvalue weighted by Crippen LogP contribution is 2.30. The number of piperidine rings is 1. The molecule has 0 saturated carbocycles. The van der Waals surface area contributed by atoms with Crippen molar-refractivity contribution in [3.05, 3.63) is 81.6 Å². The fourth-order valence-electron chi connectivity index (χ4n) is 5.08. The van der Waals surface area contributed by atoms with Crippen LogP contribution in [-0.4, -0.2) is 48.6 Å². The largest absolute Gasteiger partial charge is 0.448 e. The number of hydrogen-bond donors (Lipinski definition) is 1. The van der Waals surface area contributed by atoms with Crippen molar-refractivity contribution in [1.82, 2.24) is 29.6 Å². The van der Waals surface area contributed by atoms with E-state index in [1.54, 1.807) is 17.1 Å². The summed E-state index contributed by atoms with van der Waals surface area (Å²) in [4.78, 5) is 39.7. The number of fused-ring (bicyclic) bond motifs is 1. The first-order valence-electron chi connectivity index (χ1n) is 12.1. The monoisotopic (exact) mass is 470 g/mol. The van der Waals surface area contributed by atoms with Gasteiger partial charge in [-0.2, -0.15) is 5.10 Å². The molecule has 6 rings (SSSR count). The van der Waals surface area contributed by atoms with Crippen LogP contribution >= 0.6 is 0 Å². The lowest BCUT2D eigenvalue weighted by Gasteiger charge is -2.30. The van der Waals surface area contributed by atoms with Crippen molar-refractivity contribution in [1.29, 1.82) is 0 Å². The molecule has 0 unspecified atom stereocenters. The van der Waals surface area contributed by atoms with Gasteiger partial charge in [0, 0.05) is 30.1 Å². The molecule has 1 aromatic carbocycles. The molecule has 3 aromatic heterocycles. The Bertz CT molecular complexity index is 1440. The predicted octanol–water partition coefficient (Wildman–Crippen LogP) is 3.43. The molecule has 1 amide bonds. The summed E-state index contributed by atoms with van der Waals surface area (Å²) in [5.41, 5.74) is 4.53. The first-order chi connectivity index (χ1) is 17.1. The van der Waals surface area contributed by atoms with Crippen molar-refractivity contribution >= 4 is 5.91 Å². The molecule has 1 aliphatic heterocycles. The maximum Gasteiger partial charge on any atom is 0.257 e. The summed E-state index contributed by atoms with van der Waals surface area (Å²) < 4.78 is 7.34. The Balaban J connectivity index is 1.15. The van der Waals surface area contributed by atoms with E-state index < -0.39 is 0 Å². The van der Waals surface area contributed by atoms with E-state index in [0.717, 1.165) is 60.5 Å². The van der Waals surface area contributed by atoms with Crippen molar-refractivity contribution in [2.75, 3.05) is 13.1 Å². The summed E-state index contributed by atoms with van der Waals surface area (Å²) in [7, 11) is 0. The second-order valence-electron chi connectivity index (χ2n) is 9.23. The van der Waals surface area contributed by atoms with Crippen LogP contribution in [0, 0.1) is 6.92 Å². The third-order valence-electron chi connectivity index (χ3n) is 7.09. The number of nitrogens with zero attached hydrogens (tertiary/aromatic N) is 5. The molecule has 1 N–H and O–H groups in total. The Morgan fingerprint density at radius 3 is 2.71 bits per heavy atom. The maximum absolute atomic E-state index is 13.3. The molecule has 0 atom stereocenters. The third kappa shape index (κ3) is 3.86. The summed E-state index contributed by atoms with van der Waals surface area (Å²) >= 11 is 0. The molecule has 9 heteroatoms. The molecule has 0 bridgehead atoms. The summed E-state index contributed by atoms with van der Waals surface area (Å²) in [6.45, 7) is 3.06. The summed E-state index contributed by atoms with van der Waals surface area (Å²) in [6.07, 6.45) is 7.34. The minimum absolute atomic E-state index is 0.0620. The van der Waals surface area contributed by atoms with Gasteiger partial charge >= 0.3 is 0 Å². The van der Waals surface area contributed by atoms with Crippen LogP contribution < -0.4 is 5.56 Å². The van der Waals surface area contributed by atoms with E-state index >= 15 is 0 Å². The van der Waals surface area contributed by atoms with Gasteiger partial charge in [-0.1, -0.05) is 30.3 Å². The highest BCUT2D eigenvalue weighted by Gasteiger charge is 2.29. The van der Waals surface area contributed by atoms with Crippen LogP contribution in [0.3, 0.4) is 0 Å². The number of aromatic nitrogens is 5. The summed E-state index contributed by atoms with van der Waals surface area (Å²) in [6, 6.07) is 9.97. The summed E-state index contributed by atoms with van der Waals surface area (Å²) in [5.74, 6) is 1.21. The van der Waals surface area contributed by atoms with Gasteiger partial charge in [0.1, 0.15) is 12.0 Å². The van der Waals surface area contributed by atoms with Crippen LogP contribution in [0.1, 0.15) is 58.4 Å². The standard InChI is InChI=1S/C26H26N6O3/c1-16-20(14-27-32(16)26-29-21-9-5-8-19(21)23(33)30-26)25(34)31-12-10-18(11-13-31)24-28-22(15-35-24)17-6-3-2-4-7-17/h2-4,6-7,14-15,18H,5,8-13H2,1H3,(H,29,30,33). The molecule has 2 aliphatic rings. The van der Waals surface area contributed by atoms with Crippen LogP contribution in [-0.2, 0) is 12.8 Å². The van der Waals surface area contributed by atoms with Crippen LogP contribution in [0.25, 0.3) is 17.2 Å². The van der Waals surface area contributed by atoms with Crippen molar-refractivity contribution in [3.63, 3.8) is 0 Å². The lowest BCUT2D eigenvalue weighted by atomic mass is 9.96. The molecule has 4 aromatic rings. The second-order valence-corrected chi connectivity index (χ2v) is 9.23. The lowest BCUT2D eigenvalue weighted by Crippen LogP contribution is -2.38. The maximum atomic E-state index is 13.3. The first kappa shape index (κ1) is 21.5. The molecule has 1 saturated heterocycles. The van der Waals surface area contributed by atoms with E-state index in [4.69, 9.17) is 9.40 Å². The Hall–Kier alpha value is -4.01. The number of oxazole rings is 1. The van der Waals surface area contributed by atoms with Gasteiger partial charge in [-0.15, -0.1) is 0 Å². The Morgan fingerprint density at radius 1 is 1.11 bits per heavy atom. The number of aryl methyl sites for hydroxylation is 1. The van der Waals surface area contributed by atoms with Gasteiger partial charge in [0.2, 0.25) is 5.95 Å². The van der Waals surface area contributed by atoms with Gasteiger partial charge < -0.3 is 9.32 Å². The zero-order valence-electron chi connectivity index (χ0n) is 19.5. The molecule has 4 heterocycles. The number of hydrogen-bond acceptors (Lipinski definition) is 6. The molecule has 0 radical (unpaired) electrons. The zero-order valence-corrected chi connectivity index (χ0v) is 19.5. The van der Waals surface area contributed by atoms with Gasteiger partial charge in [0.05, 0.1) is 23.1 Å². The Morgan fingerprint density at radius 2 is 1.91 bits per heavy atom. The zero-order chi connectivity index (χ0) is 23.9. The second kappa shape index (κ2) is 8.65. The highest BCUT2D eigenvalue weighted by atomic mass is 16.3. The van der Waals surface area contributed by atoms with Crippen LogP contribution in [0.4, 0.5) is 0 Å². The first-order valence-corrected chi connectivity index (χ1v) is 12.1. The van der Waals surface area contributed by atoms with E-state index in [9.17, 15) is 9.59 Å². The highest BCUT2D eigenvalue weighted by molar-refractivity contribution is 5.95. The van der Waals surface area contributed by atoms with Crippen molar-refractivity contribution in [2.24, 2.45) is 0 Å². The van der Waals surface area contributed by atoms with Gasteiger partial charge in [-0.25, -0.2) is 14.6 Å². The number of nitrogens with one attached hydrogen (secondary N) is 1. The molecule has 1 fully saturated rings. The Kier molecular flexibility index (Phi) is 5.32. The van der Waals surface area contributed by atoms with Crippen molar-refractivity contribution < 1.29 is 9.21 Å². The SMILES string of the molecule is Cc1c(C(=O)N2CCC(c3nc(-c4ccccc4)co3)CC2)cnn1-c1nc2c(c(=O)[nH]1)CCC2. The van der Waals surface area contributed by atoms with Crippen LogP contribution in [0.5, 0.6) is 0 Å². The van der Waals surface area contributed by atoms with E-state index in [2.05, 4.69) is 15.1 Å². The minimum Gasteiger partial charge on any atom is -0.448 e. The number of aromatic amines is 1.